The standard InChI is InChI=1S/C17H21FN6O2S/c1-23-8-10-24(11-9-23)7-6-19-14(25)16-21-22-17(27-16)15(26)20-13-4-2-12(18)3-5-13/h2-5H,6-11H2,1H3,(H,19,25)(H,20,26). The van der Waals surface area contributed by atoms with Gasteiger partial charge in [-0.05, 0) is 31.3 Å². The van der Waals surface area contributed by atoms with Crippen LogP contribution in [0.25, 0.3) is 0 Å². The van der Waals surface area contributed by atoms with Gasteiger partial charge in [0.1, 0.15) is 5.82 Å². The number of rotatable bonds is 6. The molecular formula is C17H21FN6O2S. The SMILES string of the molecule is CN1CCN(CCNC(=O)c2nnc(C(=O)Nc3ccc(F)cc3)s2)CC1. The quantitative estimate of drug-likeness (QED) is 0.759. The number of halogens is 1. The molecule has 1 aromatic carbocycles. The molecule has 144 valence electrons. The maximum absolute atomic E-state index is 12.9. The first-order valence-corrected chi connectivity index (χ1v) is 9.42. The minimum atomic E-state index is -0.490. The number of nitrogens with zero attached hydrogens (tertiary/aromatic N) is 4. The lowest BCUT2D eigenvalue weighted by atomic mass is 10.3. The molecule has 10 heteroatoms. The third-order valence-electron chi connectivity index (χ3n) is 4.23. The van der Waals surface area contributed by atoms with Crippen LogP contribution in [0.3, 0.4) is 0 Å². The molecule has 0 saturated carbocycles. The van der Waals surface area contributed by atoms with E-state index in [9.17, 15) is 14.0 Å². The van der Waals surface area contributed by atoms with Gasteiger partial charge in [-0.3, -0.25) is 14.5 Å². The zero-order chi connectivity index (χ0) is 19.2. The Kier molecular flexibility index (Phi) is 6.43. The summed E-state index contributed by atoms with van der Waals surface area (Å²) in [7, 11) is 2.10. The molecule has 2 heterocycles. The first kappa shape index (κ1) is 19.3. The van der Waals surface area contributed by atoms with Crippen LogP contribution in [0.1, 0.15) is 19.6 Å². The van der Waals surface area contributed by atoms with E-state index in [-0.39, 0.29) is 21.7 Å². The molecule has 8 nitrogen and oxygen atoms in total. The zero-order valence-corrected chi connectivity index (χ0v) is 15.8. The minimum absolute atomic E-state index is 0.0727. The van der Waals surface area contributed by atoms with Gasteiger partial charge in [0.2, 0.25) is 10.0 Å². The fourth-order valence-electron chi connectivity index (χ4n) is 2.60. The van der Waals surface area contributed by atoms with Crippen molar-refractivity contribution >= 4 is 28.8 Å². The summed E-state index contributed by atoms with van der Waals surface area (Å²) >= 11 is 0.917. The smallest absolute Gasteiger partial charge is 0.286 e. The van der Waals surface area contributed by atoms with Crippen molar-refractivity contribution in [3.05, 3.63) is 40.1 Å². The molecule has 0 aliphatic carbocycles. The average molecular weight is 392 g/mol. The number of hydrogen-bond acceptors (Lipinski definition) is 7. The molecule has 1 saturated heterocycles. The number of amides is 2. The largest absolute Gasteiger partial charge is 0.349 e. The summed E-state index contributed by atoms with van der Waals surface area (Å²) in [5.41, 5.74) is 0.440. The Morgan fingerprint density at radius 1 is 1.07 bits per heavy atom. The van der Waals surface area contributed by atoms with Crippen molar-refractivity contribution in [3.63, 3.8) is 0 Å². The minimum Gasteiger partial charge on any atom is -0.349 e. The summed E-state index contributed by atoms with van der Waals surface area (Å²) in [6, 6.07) is 5.38. The molecular weight excluding hydrogens is 371 g/mol. The molecule has 1 aliphatic heterocycles. The number of carbonyl (C=O) groups excluding carboxylic acids is 2. The average Bonchev–Trinajstić information content (AvgIpc) is 3.16. The summed E-state index contributed by atoms with van der Waals surface area (Å²) in [5.74, 6) is -1.22. The molecule has 1 aliphatic rings. The number of anilines is 1. The van der Waals surface area contributed by atoms with Gasteiger partial charge < -0.3 is 15.5 Å². The summed E-state index contributed by atoms with van der Waals surface area (Å²) in [6.07, 6.45) is 0. The van der Waals surface area contributed by atoms with Crippen LogP contribution in [0.4, 0.5) is 10.1 Å². The van der Waals surface area contributed by atoms with Gasteiger partial charge >= 0.3 is 0 Å². The van der Waals surface area contributed by atoms with E-state index in [0.717, 1.165) is 44.1 Å². The van der Waals surface area contributed by atoms with Gasteiger partial charge in [-0.15, -0.1) is 10.2 Å². The van der Waals surface area contributed by atoms with Crippen LogP contribution in [-0.4, -0.2) is 78.1 Å². The lowest BCUT2D eigenvalue weighted by molar-refractivity contribution is 0.0939. The first-order valence-electron chi connectivity index (χ1n) is 8.61. The molecule has 0 atom stereocenters. The summed E-state index contributed by atoms with van der Waals surface area (Å²) in [4.78, 5) is 28.9. The van der Waals surface area contributed by atoms with Gasteiger partial charge in [-0.1, -0.05) is 11.3 Å². The highest BCUT2D eigenvalue weighted by atomic mass is 32.1. The Labute approximate surface area is 160 Å². The molecule has 1 fully saturated rings. The first-order chi connectivity index (χ1) is 13.0. The Hall–Kier alpha value is -2.43. The fraction of sp³-hybridized carbons (Fsp3) is 0.412. The Bertz CT molecular complexity index is 789. The van der Waals surface area contributed by atoms with E-state index >= 15 is 0 Å². The number of carbonyl (C=O) groups is 2. The summed E-state index contributed by atoms with van der Waals surface area (Å²) in [5, 5.41) is 13.1. The van der Waals surface area contributed by atoms with E-state index < -0.39 is 5.91 Å². The van der Waals surface area contributed by atoms with Crippen molar-refractivity contribution < 1.29 is 14.0 Å². The number of benzene rings is 1. The van der Waals surface area contributed by atoms with Crippen LogP contribution >= 0.6 is 11.3 Å². The van der Waals surface area contributed by atoms with Crippen molar-refractivity contribution in [2.45, 2.75) is 0 Å². The van der Waals surface area contributed by atoms with Crippen LogP contribution < -0.4 is 10.6 Å². The molecule has 0 bridgehead atoms. The predicted octanol–water partition coefficient (Wildman–Crippen LogP) is 0.907. The van der Waals surface area contributed by atoms with Crippen LogP contribution in [0.15, 0.2) is 24.3 Å². The van der Waals surface area contributed by atoms with E-state index in [0.29, 0.717) is 12.2 Å². The lowest BCUT2D eigenvalue weighted by Gasteiger charge is -2.32. The van der Waals surface area contributed by atoms with Crippen LogP contribution in [0, 0.1) is 5.82 Å². The molecule has 0 unspecified atom stereocenters. The zero-order valence-electron chi connectivity index (χ0n) is 14.9. The Morgan fingerprint density at radius 2 is 1.70 bits per heavy atom. The topological polar surface area (TPSA) is 90.5 Å². The van der Waals surface area contributed by atoms with Crippen molar-refractivity contribution in [1.29, 1.82) is 0 Å². The van der Waals surface area contributed by atoms with Gasteiger partial charge in [0.15, 0.2) is 0 Å². The van der Waals surface area contributed by atoms with Gasteiger partial charge in [0.25, 0.3) is 11.8 Å². The molecule has 0 spiro atoms. The fourth-order valence-corrected chi connectivity index (χ4v) is 3.25. The maximum atomic E-state index is 12.9. The van der Waals surface area contributed by atoms with Crippen LogP contribution in [0.5, 0.6) is 0 Å². The third-order valence-corrected chi connectivity index (χ3v) is 5.15. The second-order valence-electron chi connectivity index (χ2n) is 6.27. The second kappa shape index (κ2) is 8.98. The van der Waals surface area contributed by atoms with Gasteiger partial charge in [-0.25, -0.2) is 4.39 Å². The van der Waals surface area contributed by atoms with Gasteiger partial charge in [-0.2, -0.15) is 0 Å². The van der Waals surface area contributed by atoms with E-state index in [2.05, 4.69) is 37.7 Å². The summed E-state index contributed by atoms with van der Waals surface area (Å²) in [6.45, 7) is 5.31. The Morgan fingerprint density at radius 3 is 2.37 bits per heavy atom. The predicted molar refractivity (Wildman–Crippen MR) is 101 cm³/mol. The molecule has 2 aromatic rings. The molecule has 3 rings (SSSR count). The highest BCUT2D eigenvalue weighted by Gasteiger charge is 2.18. The van der Waals surface area contributed by atoms with E-state index in [4.69, 9.17) is 0 Å². The van der Waals surface area contributed by atoms with Crippen molar-refractivity contribution in [2.24, 2.45) is 0 Å². The van der Waals surface area contributed by atoms with Crippen LogP contribution in [0.2, 0.25) is 0 Å². The van der Waals surface area contributed by atoms with Crippen molar-refractivity contribution in [2.75, 3.05) is 51.6 Å². The molecule has 0 radical (unpaired) electrons. The number of hydrogen-bond donors (Lipinski definition) is 2. The van der Waals surface area contributed by atoms with E-state index in [1.807, 2.05) is 0 Å². The van der Waals surface area contributed by atoms with E-state index in [1.54, 1.807) is 0 Å². The van der Waals surface area contributed by atoms with Crippen LogP contribution in [-0.2, 0) is 0 Å². The molecule has 2 N–H and O–H groups in total. The number of likely N-dealkylation sites (N-methyl/N-ethyl adjacent to an activating group) is 1. The third kappa shape index (κ3) is 5.52. The number of piperazine rings is 1. The van der Waals surface area contributed by atoms with E-state index in [1.165, 1.54) is 24.3 Å². The monoisotopic (exact) mass is 392 g/mol. The lowest BCUT2D eigenvalue weighted by Crippen LogP contribution is -2.46. The van der Waals surface area contributed by atoms with Gasteiger partial charge in [0.05, 0.1) is 0 Å². The van der Waals surface area contributed by atoms with Crippen molar-refractivity contribution in [3.8, 4) is 0 Å². The van der Waals surface area contributed by atoms with Gasteiger partial charge in [0, 0.05) is 45.0 Å². The second-order valence-corrected chi connectivity index (χ2v) is 7.25. The molecule has 2 amide bonds. The van der Waals surface area contributed by atoms with Crippen molar-refractivity contribution in [1.82, 2.24) is 25.3 Å². The number of nitrogens with one attached hydrogen (secondary N) is 2. The normalized spacial score (nSPS) is 15.5. The summed E-state index contributed by atoms with van der Waals surface area (Å²) < 4.78 is 12.9. The Balaban J connectivity index is 1.46. The number of aromatic nitrogens is 2. The molecule has 27 heavy (non-hydrogen) atoms. The highest BCUT2D eigenvalue weighted by molar-refractivity contribution is 7.15. The molecule has 1 aromatic heterocycles. The highest BCUT2D eigenvalue weighted by Crippen LogP contribution is 2.14. The maximum Gasteiger partial charge on any atom is 0.286 e.